The number of fused-ring (bicyclic) bond motifs is 2. The number of benzene rings is 1. The van der Waals surface area contributed by atoms with Crippen molar-refractivity contribution in [1.82, 2.24) is 14.5 Å². The number of allylic oxidation sites excluding steroid dienone is 1. The number of hydrogen-bond acceptors (Lipinski definition) is 2. The van der Waals surface area contributed by atoms with Crippen LogP contribution in [-0.4, -0.2) is 14.5 Å². The van der Waals surface area contributed by atoms with Crippen LogP contribution in [0.5, 0.6) is 0 Å². The molecule has 3 heteroatoms. The van der Waals surface area contributed by atoms with Crippen LogP contribution in [0.2, 0.25) is 0 Å². The van der Waals surface area contributed by atoms with Crippen LogP contribution in [0.25, 0.3) is 16.6 Å². The molecule has 0 bridgehead atoms. The van der Waals surface area contributed by atoms with Gasteiger partial charge in [0, 0.05) is 42.3 Å². The summed E-state index contributed by atoms with van der Waals surface area (Å²) in [6, 6.07) is 16.8. The molecule has 1 aromatic carbocycles. The van der Waals surface area contributed by atoms with Crippen LogP contribution in [0.4, 0.5) is 0 Å². The summed E-state index contributed by atoms with van der Waals surface area (Å²) in [7, 11) is 0. The molecule has 0 N–H and O–H groups in total. The van der Waals surface area contributed by atoms with E-state index in [-0.39, 0.29) is 0 Å². The van der Waals surface area contributed by atoms with Gasteiger partial charge in [0.1, 0.15) is 5.65 Å². The summed E-state index contributed by atoms with van der Waals surface area (Å²) < 4.78 is 2.25. The van der Waals surface area contributed by atoms with Gasteiger partial charge in [-0.05, 0) is 46.9 Å². The lowest BCUT2D eigenvalue weighted by atomic mass is 10.0. The van der Waals surface area contributed by atoms with E-state index in [0.717, 1.165) is 18.6 Å². The first kappa shape index (κ1) is 14.2. The number of hydrogen-bond donors (Lipinski definition) is 0. The van der Waals surface area contributed by atoms with E-state index in [4.69, 9.17) is 0 Å². The Labute approximate surface area is 146 Å². The Hall–Kier alpha value is -3.20. The Morgan fingerprint density at radius 3 is 2.76 bits per heavy atom. The molecule has 4 aromatic rings. The fraction of sp³-hybridized carbons (Fsp3) is 0.0909. The lowest BCUT2D eigenvalue weighted by Crippen LogP contribution is -1.98. The molecule has 120 valence electrons. The lowest BCUT2D eigenvalue weighted by Gasteiger charge is -2.04. The molecule has 3 aromatic heterocycles. The molecule has 1 aliphatic rings. The SMILES string of the molecule is C1=C(c2cn(Cc3ccccc3)c3ncccc23)c2ccncc2C1. The third kappa shape index (κ3) is 2.36. The van der Waals surface area contributed by atoms with Gasteiger partial charge in [0.25, 0.3) is 0 Å². The smallest absolute Gasteiger partial charge is 0.140 e. The molecule has 0 amide bonds. The van der Waals surface area contributed by atoms with Crippen molar-refractivity contribution in [2.45, 2.75) is 13.0 Å². The quantitative estimate of drug-likeness (QED) is 0.557. The minimum Gasteiger partial charge on any atom is -0.327 e. The molecule has 0 fully saturated rings. The van der Waals surface area contributed by atoms with Crippen LogP contribution in [0.1, 0.15) is 22.3 Å². The maximum atomic E-state index is 4.65. The summed E-state index contributed by atoms with van der Waals surface area (Å²) in [6.45, 7) is 0.824. The van der Waals surface area contributed by atoms with Crippen LogP contribution in [0, 0.1) is 0 Å². The first-order valence-electron chi connectivity index (χ1n) is 8.52. The summed E-state index contributed by atoms with van der Waals surface area (Å²) in [5, 5.41) is 1.20. The summed E-state index contributed by atoms with van der Waals surface area (Å²) in [5.74, 6) is 0. The van der Waals surface area contributed by atoms with E-state index in [1.165, 1.54) is 33.2 Å². The first-order chi connectivity index (χ1) is 12.4. The Morgan fingerprint density at radius 1 is 0.920 bits per heavy atom. The van der Waals surface area contributed by atoms with Gasteiger partial charge in [0.05, 0.1) is 0 Å². The van der Waals surface area contributed by atoms with E-state index >= 15 is 0 Å². The number of nitrogens with zero attached hydrogens (tertiary/aromatic N) is 3. The minimum atomic E-state index is 0.824. The molecule has 0 radical (unpaired) electrons. The Morgan fingerprint density at radius 2 is 1.84 bits per heavy atom. The number of rotatable bonds is 3. The van der Waals surface area contributed by atoms with Gasteiger partial charge in [-0.2, -0.15) is 0 Å². The normalized spacial score (nSPS) is 13.0. The van der Waals surface area contributed by atoms with Crippen LogP contribution >= 0.6 is 0 Å². The molecule has 0 aliphatic heterocycles. The Kier molecular flexibility index (Phi) is 3.23. The second-order valence-electron chi connectivity index (χ2n) is 6.39. The van der Waals surface area contributed by atoms with Crippen molar-refractivity contribution in [3.8, 4) is 0 Å². The predicted molar refractivity (Wildman–Crippen MR) is 100 cm³/mol. The van der Waals surface area contributed by atoms with Crippen LogP contribution in [-0.2, 0) is 13.0 Å². The molecule has 3 nitrogen and oxygen atoms in total. The highest BCUT2D eigenvalue weighted by Crippen LogP contribution is 2.36. The first-order valence-corrected chi connectivity index (χ1v) is 8.52. The van der Waals surface area contributed by atoms with E-state index in [2.05, 4.69) is 69.3 Å². The fourth-order valence-electron chi connectivity index (χ4n) is 3.67. The van der Waals surface area contributed by atoms with Crippen molar-refractivity contribution >= 4 is 16.6 Å². The van der Waals surface area contributed by atoms with E-state index in [1.807, 2.05) is 24.7 Å². The fourth-order valence-corrected chi connectivity index (χ4v) is 3.67. The third-order valence-corrected chi connectivity index (χ3v) is 4.84. The maximum Gasteiger partial charge on any atom is 0.140 e. The van der Waals surface area contributed by atoms with Gasteiger partial charge in [-0.1, -0.05) is 36.4 Å². The molecule has 5 rings (SSSR count). The van der Waals surface area contributed by atoms with Crippen molar-refractivity contribution < 1.29 is 0 Å². The van der Waals surface area contributed by atoms with Gasteiger partial charge in [0.15, 0.2) is 0 Å². The van der Waals surface area contributed by atoms with Gasteiger partial charge in [-0.3, -0.25) is 4.98 Å². The second kappa shape index (κ2) is 5.71. The van der Waals surface area contributed by atoms with Crippen molar-refractivity contribution in [3.63, 3.8) is 0 Å². The molecule has 0 atom stereocenters. The molecule has 0 saturated heterocycles. The van der Waals surface area contributed by atoms with E-state index in [0.29, 0.717) is 0 Å². The van der Waals surface area contributed by atoms with Crippen molar-refractivity contribution in [2.75, 3.05) is 0 Å². The largest absolute Gasteiger partial charge is 0.327 e. The Bertz CT molecular complexity index is 1090. The van der Waals surface area contributed by atoms with Gasteiger partial charge >= 0.3 is 0 Å². The van der Waals surface area contributed by atoms with Crippen molar-refractivity contribution in [3.05, 3.63) is 102 Å². The average Bonchev–Trinajstić information content (AvgIpc) is 3.24. The monoisotopic (exact) mass is 323 g/mol. The van der Waals surface area contributed by atoms with Crippen molar-refractivity contribution in [2.24, 2.45) is 0 Å². The second-order valence-corrected chi connectivity index (χ2v) is 6.39. The van der Waals surface area contributed by atoms with Crippen LogP contribution < -0.4 is 0 Å². The maximum absolute atomic E-state index is 4.65. The van der Waals surface area contributed by atoms with Gasteiger partial charge in [-0.25, -0.2) is 4.98 Å². The number of pyridine rings is 2. The summed E-state index contributed by atoms with van der Waals surface area (Å²) in [5.41, 5.74) is 7.44. The average molecular weight is 323 g/mol. The Balaban J connectivity index is 1.66. The van der Waals surface area contributed by atoms with Gasteiger partial charge < -0.3 is 4.57 Å². The standard InChI is InChI=1S/C22H17N3/c1-2-5-16(6-3-1)14-25-15-21(20-7-4-11-24-22(20)25)19-9-8-17-13-23-12-10-18(17)19/h1-7,9-13,15H,8,14H2. The van der Waals surface area contributed by atoms with E-state index < -0.39 is 0 Å². The highest BCUT2D eigenvalue weighted by atomic mass is 15.0. The molecule has 3 heterocycles. The molecule has 0 saturated carbocycles. The molecule has 25 heavy (non-hydrogen) atoms. The summed E-state index contributed by atoms with van der Waals surface area (Å²) >= 11 is 0. The number of aromatic nitrogens is 3. The highest BCUT2D eigenvalue weighted by Gasteiger charge is 2.20. The lowest BCUT2D eigenvalue weighted by molar-refractivity contribution is 0.824. The zero-order valence-electron chi connectivity index (χ0n) is 13.8. The minimum absolute atomic E-state index is 0.824. The predicted octanol–water partition coefficient (Wildman–Crippen LogP) is 4.47. The highest BCUT2D eigenvalue weighted by molar-refractivity contribution is 5.97. The molecule has 0 unspecified atom stereocenters. The van der Waals surface area contributed by atoms with Crippen LogP contribution in [0.3, 0.4) is 0 Å². The topological polar surface area (TPSA) is 30.7 Å². The third-order valence-electron chi connectivity index (χ3n) is 4.84. The van der Waals surface area contributed by atoms with Gasteiger partial charge in [-0.15, -0.1) is 0 Å². The van der Waals surface area contributed by atoms with E-state index in [9.17, 15) is 0 Å². The molecular formula is C22H17N3. The van der Waals surface area contributed by atoms with Crippen LogP contribution in [0.15, 0.2) is 79.4 Å². The van der Waals surface area contributed by atoms with E-state index in [1.54, 1.807) is 0 Å². The molecular weight excluding hydrogens is 306 g/mol. The molecule has 0 spiro atoms. The van der Waals surface area contributed by atoms with Gasteiger partial charge in [0.2, 0.25) is 0 Å². The zero-order chi connectivity index (χ0) is 16.6. The summed E-state index contributed by atoms with van der Waals surface area (Å²) in [4.78, 5) is 8.91. The summed E-state index contributed by atoms with van der Waals surface area (Å²) in [6.07, 6.45) is 11.2. The molecule has 1 aliphatic carbocycles. The zero-order valence-corrected chi connectivity index (χ0v) is 13.8. The van der Waals surface area contributed by atoms with Crippen molar-refractivity contribution in [1.29, 1.82) is 0 Å².